The Morgan fingerprint density at radius 2 is 2.08 bits per heavy atom. The normalized spacial score (nSPS) is 10.1. The number of hydrogen-bond acceptors (Lipinski definition) is 4. The molecule has 0 aromatic carbocycles. The summed E-state index contributed by atoms with van der Waals surface area (Å²) in [4.78, 5) is 21.1. The van der Waals surface area contributed by atoms with E-state index in [1.165, 1.54) is 13.8 Å². The van der Waals surface area contributed by atoms with Crippen molar-refractivity contribution in [3.05, 3.63) is 0 Å². The second-order valence-corrected chi connectivity index (χ2v) is 2.62. The number of carbonyl (C=O) groups is 2. The van der Waals surface area contributed by atoms with Gasteiger partial charge in [-0.1, -0.05) is 0 Å². The van der Waals surface area contributed by atoms with E-state index in [0.717, 1.165) is 0 Å². The molecule has 0 fully saturated rings. The number of nitriles is 1. The highest BCUT2D eigenvalue weighted by molar-refractivity contribution is 5.81. The topological polar surface area (TPSA) is 87.4 Å². The summed E-state index contributed by atoms with van der Waals surface area (Å²) in [6.45, 7) is 2.48. The van der Waals surface area contributed by atoms with Crippen LogP contribution in [0.1, 0.15) is 20.3 Å². The van der Waals surface area contributed by atoms with E-state index in [1.54, 1.807) is 6.07 Å². The van der Waals surface area contributed by atoms with Crippen LogP contribution in [0.25, 0.3) is 0 Å². The highest BCUT2D eigenvalue weighted by atomic mass is 16.6. The van der Waals surface area contributed by atoms with Crippen LogP contribution in [0, 0.1) is 11.3 Å². The first-order valence-corrected chi connectivity index (χ1v) is 3.22. The zero-order chi connectivity index (χ0) is 9.78. The number of esters is 1. The van der Waals surface area contributed by atoms with Gasteiger partial charge in [0.2, 0.25) is 5.60 Å². The van der Waals surface area contributed by atoms with Crippen LogP contribution in [0.3, 0.4) is 0 Å². The van der Waals surface area contributed by atoms with Crippen LogP contribution in [-0.2, 0) is 14.3 Å². The van der Waals surface area contributed by atoms with Gasteiger partial charge in [-0.15, -0.1) is 0 Å². The fourth-order valence-electron chi connectivity index (χ4n) is 0.429. The smallest absolute Gasteiger partial charge is 0.347 e. The number of carbonyl (C=O) groups excluding carboxylic acids is 1. The average molecular weight is 171 g/mol. The van der Waals surface area contributed by atoms with Gasteiger partial charge in [0.15, 0.2) is 0 Å². The van der Waals surface area contributed by atoms with E-state index < -0.39 is 24.0 Å². The van der Waals surface area contributed by atoms with Crippen LogP contribution < -0.4 is 0 Å². The molecule has 0 saturated carbocycles. The van der Waals surface area contributed by atoms with E-state index >= 15 is 0 Å². The summed E-state index contributed by atoms with van der Waals surface area (Å²) in [7, 11) is 0. The third-order valence-electron chi connectivity index (χ3n) is 1.11. The molecule has 12 heavy (non-hydrogen) atoms. The maximum atomic E-state index is 10.7. The van der Waals surface area contributed by atoms with Gasteiger partial charge in [-0.25, -0.2) is 4.79 Å². The molecule has 66 valence electrons. The molecule has 0 radical (unpaired) electrons. The lowest BCUT2D eigenvalue weighted by atomic mass is 10.1. The van der Waals surface area contributed by atoms with Gasteiger partial charge in [0, 0.05) is 0 Å². The molecular weight excluding hydrogens is 162 g/mol. The van der Waals surface area contributed by atoms with E-state index in [9.17, 15) is 9.59 Å². The van der Waals surface area contributed by atoms with E-state index in [2.05, 4.69) is 4.74 Å². The van der Waals surface area contributed by atoms with Crippen LogP contribution in [0.5, 0.6) is 0 Å². The monoisotopic (exact) mass is 171 g/mol. The second-order valence-electron chi connectivity index (χ2n) is 2.62. The molecule has 0 aliphatic carbocycles. The second kappa shape index (κ2) is 3.72. The van der Waals surface area contributed by atoms with Crippen molar-refractivity contribution in [1.82, 2.24) is 0 Å². The maximum Gasteiger partial charge on any atom is 0.347 e. The molecule has 0 atom stereocenters. The molecule has 0 spiro atoms. The summed E-state index contributed by atoms with van der Waals surface area (Å²) >= 11 is 0. The van der Waals surface area contributed by atoms with Gasteiger partial charge in [0.05, 0.1) is 6.07 Å². The largest absolute Gasteiger partial charge is 0.478 e. The Hall–Kier alpha value is -1.57. The predicted molar refractivity (Wildman–Crippen MR) is 38.0 cm³/mol. The Kier molecular flexibility index (Phi) is 3.23. The fraction of sp³-hybridized carbons (Fsp3) is 0.571. The molecule has 5 heteroatoms. The van der Waals surface area contributed by atoms with E-state index in [4.69, 9.17) is 10.4 Å². The molecule has 0 aromatic heterocycles. The minimum atomic E-state index is -1.56. The first-order valence-electron chi connectivity index (χ1n) is 3.22. The van der Waals surface area contributed by atoms with Gasteiger partial charge >= 0.3 is 11.9 Å². The summed E-state index contributed by atoms with van der Waals surface area (Å²) in [5.41, 5.74) is -1.56. The van der Waals surface area contributed by atoms with Gasteiger partial charge in [-0.3, -0.25) is 4.79 Å². The van der Waals surface area contributed by atoms with Gasteiger partial charge in [0.1, 0.15) is 6.42 Å². The average Bonchev–Trinajstić information content (AvgIpc) is 1.85. The third kappa shape index (κ3) is 3.01. The van der Waals surface area contributed by atoms with Crippen LogP contribution in [0.4, 0.5) is 0 Å². The molecule has 0 heterocycles. The number of nitrogens with zero attached hydrogens (tertiary/aromatic N) is 1. The Balaban J connectivity index is 4.17. The Bertz CT molecular complexity index is 238. The molecule has 0 aliphatic rings. The minimum Gasteiger partial charge on any atom is -0.478 e. The lowest BCUT2D eigenvalue weighted by molar-refractivity contribution is -0.173. The number of carboxylic acid groups (broad SMARTS) is 1. The fourth-order valence-corrected chi connectivity index (χ4v) is 0.429. The summed E-state index contributed by atoms with van der Waals surface area (Å²) in [5.74, 6) is -2.07. The van der Waals surface area contributed by atoms with E-state index in [1.807, 2.05) is 0 Å². The van der Waals surface area contributed by atoms with Gasteiger partial charge < -0.3 is 9.84 Å². The van der Waals surface area contributed by atoms with Crippen molar-refractivity contribution >= 4 is 11.9 Å². The van der Waals surface area contributed by atoms with Crippen LogP contribution in [0.15, 0.2) is 0 Å². The Morgan fingerprint density at radius 3 is 2.42 bits per heavy atom. The van der Waals surface area contributed by atoms with Crippen molar-refractivity contribution in [1.29, 1.82) is 5.26 Å². The number of hydrogen-bond donors (Lipinski definition) is 1. The minimum absolute atomic E-state index is 0.434. The molecule has 0 aromatic rings. The van der Waals surface area contributed by atoms with Crippen molar-refractivity contribution in [2.75, 3.05) is 0 Å². The van der Waals surface area contributed by atoms with Crippen molar-refractivity contribution < 1.29 is 19.4 Å². The molecule has 0 rings (SSSR count). The molecule has 0 bridgehead atoms. The highest BCUT2D eigenvalue weighted by Gasteiger charge is 2.31. The van der Waals surface area contributed by atoms with Gasteiger partial charge in [0.25, 0.3) is 0 Å². The number of rotatable bonds is 3. The summed E-state index contributed by atoms with van der Waals surface area (Å²) in [6.07, 6.45) is -0.434. The number of carboxylic acids is 1. The van der Waals surface area contributed by atoms with Crippen LogP contribution in [0.2, 0.25) is 0 Å². The molecular formula is C7H9NO4. The van der Waals surface area contributed by atoms with Crippen molar-refractivity contribution in [2.24, 2.45) is 0 Å². The van der Waals surface area contributed by atoms with Gasteiger partial charge in [-0.05, 0) is 13.8 Å². The van der Waals surface area contributed by atoms with Crippen molar-refractivity contribution in [3.8, 4) is 6.07 Å². The highest BCUT2D eigenvalue weighted by Crippen LogP contribution is 2.09. The maximum absolute atomic E-state index is 10.7. The molecule has 1 N–H and O–H groups in total. The quantitative estimate of drug-likeness (QED) is 0.617. The molecule has 5 nitrogen and oxygen atoms in total. The zero-order valence-electron chi connectivity index (χ0n) is 6.83. The van der Waals surface area contributed by atoms with Crippen LogP contribution in [-0.4, -0.2) is 22.6 Å². The summed E-state index contributed by atoms with van der Waals surface area (Å²) in [6, 6.07) is 1.56. The summed E-state index contributed by atoms with van der Waals surface area (Å²) < 4.78 is 4.48. The van der Waals surface area contributed by atoms with Gasteiger partial charge in [-0.2, -0.15) is 5.26 Å². The molecule has 0 unspecified atom stereocenters. The number of ether oxygens (including phenoxy) is 1. The standard InChI is InChI=1S/C7H9NO4/c1-7(2,6(10)11)12-5(9)3-4-8/h3H2,1-2H3,(H,10,11). The molecule has 0 saturated heterocycles. The SMILES string of the molecule is CC(C)(OC(=O)CC#N)C(=O)O. The predicted octanol–water partition coefficient (Wildman–Crippen LogP) is 0.306. The molecule has 0 amide bonds. The lowest BCUT2D eigenvalue weighted by Gasteiger charge is -2.18. The van der Waals surface area contributed by atoms with Crippen LogP contribution >= 0.6 is 0 Å². The van der Waals surface area contributed by atoms with Crippen molar-refractivity contribution in [2.45, 2.75) is 25.9 Å². The zero-order valence-corrected chi connectivity index (χ0v) is 6.83. The number of aliphatic carboxylic acids is 1. The van der Waals surface area contributed by atoms with Crippen molar-refractivity contribution in [3.63, 3.8) is 0 Å². The Morgan fingerprint density at radius 1 is 1.58 bits per heavy atom. The summed E-state index contributed by atoms with van der Waals surface area (Å²) in [5, 5.41) is 16.6. The third-order valence-corrected chi connectivity index (χ3v) is 1.11. The van der Waals surface area contributed by atoms with E-state index in [-0.39, 0.29) is 0 Å². The lowest BCUT2D eigenvalue weighted by Crippen LogP contribution is -2.36. The molecule has 0 aliphatic heterocycles. The first kappa shape index (κ1) is 10.4. The Labute approximate surface area is 69.6 Å². The van der Waals surface area contributed by atoms with E-state index in [0.29, 0.717) is 0 Å². The first-order chi connectivity index (χ1) is 5.40.